The maximum atomic E-state index is 12.8. The first-order valence-electron chi connectivity index (χ1n) is 10.2. The number of benzene rings is 2. The van der Waals surface area contributed by atoms with E-state index in [0.29, 0.717) is 24.6 Å². The molecule has 0 spiro atoms. The fourth-order valence-electron chi connectivity index (χ4n) is 3.70. The van der Waals surface area contributed by atoms with Crippen LogP contribution in [0.5, 0.6) is 11.8 Å². The van der Waals surface area contributed by atoms with Crippen LogP contribution in [-0.4, -0.2) is 37.6 Å². The van der Waals surface area contributed by atoms with Gasteiger partial charge in [0.2, 0.25) is 21.8 Å². The van der Waals surface area contributed by atoms with Crippen LogP contribution in [0.4, 0.5) is 0 Å². The van der Waals surface area contributed by atoms with Crippen molar-refractivity contribution in [3.8, 4) is 22.9 Å². The predicted molar refractivity (Wildman–Crippen MR) is 117 cm³/mol. The van der Waals surface area contributed by atoms with E-state index in [1.807, 2.05) is 42.5 Å². The summed E-state index contributed by atoms with van der Waals surface area (Å²) in [6.45, 7) is 0. The number of hydrogen-bond acceptors (Lipinski definition) is 6. The number of ether oxygens (including phenoxy) is 2. The lowest BCUT2D eigenvalue weighted by atomic mass is 9.94. The molecule has 2 aromatic carbocycles. The van der Waals surface area contributed by atoms with Crippen LogP contribution >= 0.6 is 0 Å². The molecule has 0 bridgehead atoms. The van der Waals surface area contributed by atoms with Crippen molar-refractivity contribution < 1.29 is 17.9 Å². The zero-order valence-electron chi connectivity index (χ0n) is 17.3. The molecular weight excluding hydrogens is 414 g/mol. The average Bonchev–Trinajstić information content (AvgIpc) is 2.81. The van der Waals surface area contributed by atoms with Gasteiger partial charge in [0.25, 0.3) is 0 Å². The van der Waals surface area contributed by atoms with Gasteiger partial charge in [-0.2, -0.15) is 4.98 Å². The molecule has 1 aliphatic carbocycles. The number of sulfonamides is 1. The van der Waals surface area contributed by atoms with Crippen LogP contribution in [0.2, 0.25) is 0 Å². The Labute approximate surface area is 182 Å². The highest BCUT2D eigenvalue weighted by molar-refractivity contribution is 7.89. The number of nitrogens with one attached hydrogen (secondary N) is 1. The van der Waals surface area contributed by atoms with Crippen LogP contribution in [0.1, 0.15) is 25.7 Å². The third-order valence-electron chi connectivity index (χ3n) is 5.35. The highest BCUT2D eigenvalue weighted by Crippen LogP contribution is 2.26. The van der Waals surface area contributed by atoms with E-state index in [4.69, 9.17) is 9.47 Å². The van der Waals surface area contributed by atoms with Gasteiger partial charge >= 0.3 is 0 Å². The lowest BCUT2D eigenvalue weighted by Gasteiger charge is -2.29. The van der Waals surface area contributed by atoms with E-state index >= 15 is 0 Å². The molecule has 3 aromatic rings. The summed E-state index contributed by atoms with van der Waals surface area (Å²) < 4.78 is 39.4. The minimum Gasteiger partial charge on any atom is -0.480 e. The van der Waals surface area contributed by atoms with Gasteiger partial charge in [-0.3, -0.25) is 4.98 Å². The first-order valence-corrected chi connectivity index (χ1v) is 11.7. The lowest BCUT2D eigenvalue weighted by molar-refractivity contribution is 0.136. The molecule has 1 fully saturated rings. The van der Waals surface area contributed by atoms with Crippen molar-refractivity contribution in [2.24, 2.45) is 0 Å². The molecule has 0 amide bonds. The molecule has 0 atom stereocenters. The second-order valence-electron chi connectivity index (χ2n) is 7.50. The van der Waals surface area contributed by atoms with Crippen LogP contribution in [0.15, 0.2) is 71.9 Å². The molecule has 0 saturated heterocycles. The summed E-state index contributed by atoms with van der Waals surface area (Å²) in [5, 5.41) is 0. The summed E-state index contributed by atoms with van der Waals surface area (Å²) in [7, 11) is -2.05. The quantitative estimate of drug-likeness (QED) is 0.602. The van der Waals surface area contributed by atoms with Crippen molar-refractivity contribution in [2.45, 2.75) is 42.7 Å². The van der Waals surface area contributed by atoms with Crippen molar-refractivity contribution in [3.63, 3.8) is 0 Å². The van der Waals surface area contributed by atoms with E-state index in [0.717, 1.165) is 24.0 Å². The predicted octanol–water partition coefficient (Wildman–Crippen LogP) is 3.82. The van der Waals surface area contributed by atoms with Crippen LogP contribution in [0.25, 0.3) is 11.1 Å². The Morgan fingerprint density at radius 1 is 0.871 bits per heavy atom. The molecule has 0 unspecified atom stereocenters. The molecule has 1 heterocycles. The topological polar surface area (TPSA) is 90.4 Å². The third-order valence-corrected chi connectivity index (χ3v) is 6.89. The number of nitrogens with zero attached hydrogens (tertiary/aromatic N) is 2. The monoisotopic (exact) mass is 439 g/mol. The fraction of sp³-hybridized carbons (Fsp3) is 0.304. The number of rotatable bonds is 7. The normalized spacial score (nSPS) is 19.0. The Kier molecular flexibility index (Phi) is 6.48. The molecule has 1 aliphatic rings. The standard InChI is InChI=1S/C23H25N3O4S/c1-29-22-15-24-16-23(25-22)30-20-11-9-19(10-12-20)26-31(27,28)21-13-7-18(8-14-21)17-5-3-2-4-6-17/h2-8,13-16,19-20,26H,9-12H2,1H3. The van der Waals surface area contributed by atoms with Crippen molar-refractivity contribution in [2.75, 3.05) is 7.11 Å². The van der Waals surface area contributed by atoms with E-state index in [1.165, 1.54) is 13.3 Å². The van der Waals surface area contributed by atoms with Crippen molar-refractivity contribution in [3.05, 3.63) is 67.0 Å². The van der Waals surface area contributed by atoms with E-state index in [-0.39, 0.29) is 17.0 Å². The first kappa shape index (κ1) is 21.3. The average molecular weight is 440 g/mol. The Balaban J connectivity index is 1.33. The Bertz CT molecular complexity index is 1100. The highest BCUT2D eigenvalue weighted by Gasteiger charge is 2.27. The summed E-state index contributed by atoms with van der Waals surface area (Å²) in [5.74, 6) is 0.819. The smallest absolute Gasteiger partial charge is 0.240 e. The van der Waals surface area contributed by atoms with Crippen LogP contribution < -0.4 is 14.2 Å². The molecule has 1 saturated carbocycles. The summed E-state index contributed by atoms with van der Waals surface area (Å²) in [5.41, 5.74) is 2.04. The zero-order chi connectivity index (χ0) is 21.7. The van der Waals surface area contributed by atoms with E-state index in [2.05, 4.69) is 14.7 Å². The van der Waals surface area contributed by atoms with Gasteiger partial charge in [0.1, 0.15) is 6.10 Å². The maximum absolute atomic E-state index is 12.8. The minimum absolute atomic E-state index is 0.0210. The number of hydrogen-bond donors (Lipinski definition) is 1. The SMILES string of the molecule is COc1cncc(OC2CCC(NS(=O)(=O)c3ccc(-c4ccccc4)cc3)CC2)n1. The van der Waals surface area contributed by atoms with Gasteiger partial charge < -0.3 is 9.47 Å². The van der Waals surface area contributed by atoms with Gasteiger partial charge in [0, 0.05) is 6.04 Å². The van der Waals surface area contributed by atoms with Crippen molar-refractivity contribution in [1.29, 1.82) is 0 Å². The molecular formula is C23H25N3O4S. The van der Waals surface area contributed by atoms with Gasteiger partial charge in [0.05, 0.1) is 24.4 Å². The second kappa shape index (κ2) is 9.45. The van der Waals surface area contributed by atoms with Gasteiger partial charge in [0.15, 0.2) is 0 Å². The van der Waals surface area contributed by atoms with Crippen LogP contribution in [0, 0.1) is 0 Å². The largest absolute Gasteiger partial charge is 0.480 e. The second-order valence-corrected chi connectivity index (χ2v) is 9.22. The van der Waals surface area contributed by atoms with Crippen molar-refractivity contribution in [1.82, 2.24) is 14.7 Å². The molecule has 1 N–H and O–H groups in total. The highest BCUT2D eigenvalue weighted by atomic mass is 32.2. The van der Waals surface area contributed by atoms with Crippen molar-refractivity contribution >= 4 is 10.0 Å². The minimum atomic E-state index is -3.57. The molecule has 0 radical (unpaired) electrons. The third kappa shape index (κ3) is 5.39. The molecule has 7 nitrogen and oxygen atoms in total. The molecule has 8 heteroatoms. The molecule has 162 valence electrons. The van der Waals surface area contributed by atoms with Gasteiger partial charge in [-0.05, 0) is 48.9 Å². The summed E-state index contributed by atoms with van der Waals surface area (Å²) >= 11 is 0. The first-order chi connectivity index (χ1) is 15.0. The van der Waals surface area contributed by atoms with Gasteiger partial charge in [-0.25, -0.2) is 13.1 Å². The number of methoxy groups -OCH3 is 1. The molecule has 4 rings (SSSR count). The Morgan fingerprint density at radius 2 is 1.52 bits per heavy atom. The van der Waals surface area contributed by atoms with Gasteiger partial charge in [-0.15, -0.1) is 0 Å². The molecule has 31 heavy (non-hydrogen) atoms. The summed E-state index contributed by atoms with van der Waals surface area (Å²) in [4.78, 5) is 8.53. The Hall–Kier alpha value is -2.97. The lowest BCUT2D eigenvalue weighted by Crippen LogP contribution is -2.39. The Morgan fingerprint density at radius 3 is 2.19 bits per heavy atom. The van der Waals surface area contributed by atoms with Gasteiger partial charge in [-0.1, -0.05) is 42.5 Å². The van der Waals surface area contributed by atoms with Crippen LogP contribution in [0.3, 0.4) is 0 Å². The number of aromatic nitrogens is 2. The summed E-state index contributed by atoms with van der Waals surface area (Å²) in [6.07, 6.45) is 5.92. The molecule has 1 aromatic heterocycles. The van der Waals surface area contributed by atoms with E-state index in [1.54, 1.807) is 18.3 Å². The fourth-order valence-corrected chi connectivity index (χ4v) is 5.01. The van der Waals surface area contributed by atoms with E-state index < -0.39 is 10.0 Å². The summed E-state index contributed by atoms with van der Waals surface area (Å²) in [6, 6.07) is 16.7. The maximum Gasteiger partial charge on any atom is 0.240 e. The molecule has 0 aliphatic heterocycles. The zero-order valence-corrected chi connectivity index (χ0v) is 18.1. The van der Waals surface area contributed by atoms with E-state index in [9.17, 15) is 8.42 Å². The van der Waals surface area contributed by atoms with Crippen LogP contribution in [-0.2, 0) is 10.0 Å².